The molecule has 0 heterocycles. The zero-order chi connectivity index (χ0) is 14.7. The van der Waals surface area contributed by atoms with Crippen LogP contribution in [0.15, 0.2) is 46.9 Å². The molecule has 0 fully saturated rings. The highest BCUT2D eigenvalue weighted by molar-refractivity contribution is 9.10. The molecular weight excluding hydrogens is 322 g/mol. The number of carboxylic acids is 1. The summed E-state index contributed by atoms with van der Waals surface area (Å²) in [5.74, 6) is -1.56. The highest BCUT2D eigenvalue weighted by atomic mass is 79.9. The summed E-state index contributed by atoms with van der Waals surface area (Å²) < 4.78 is 0.946. The maximum atomic E-state index is 12.1. The van der Waals surface area contributed by atoms with E-state index in [9.17, 15) is 9.59 Å². The fraction of sp³-hybridized carbons (Fsp3) is 0.0667. The molecule has 5 heteroatoms. The number of nitrogens with one attached hydrogen (secondary N) is 1. The van der Waals surface area contributed by atoms with Crippen LogP contribution in [0.1, 0.15) is 26.3 Å². The van der Waals surface area contributed by atoms with Gasteiger partial charge in [-0.1, -0.05) is 28.1 Å². The van der Waals surface area contributed by atoms with Crippen LogP contribution in [0.3, 0.4) is 0 Å². The van der Waals surface area contributed by atoms with Crippen LogP contribution in [0, 0.1) is 6.92 Å². The Labute approximate surface area is 124 Å². The molecule has 0 bridgehead atoms. The molecule has 0 atom stereocenters. The van der Waals surface area contributed by atoms with Crippen LogP contribution in [-0.2, 0) is 0 Å². The molecule has 0 aliphatic rings. The first kappa shape index (κ1) is 14.3. The van der Waals surface area contributed by atoms with Crippen molar-refractivity contribution in [2.75, 3.05) is 5.32 Å². The topological polar surface area (TPSA) is 66.4 Å². The van der Waals surface area contributed by atoms with Gasteiger partial charge >= 0.3 is 5.97 Å². The fourth-order valence-corrected chi connectivity index (χ4v) is 2.04. The molecule has 4 nitrogen and oxygen atoms in total. The largest absolute Gasteiger partial charge is 0.478 e. The third-order valence-electron chi connectivity index (χ3n) is 2.82. The van der Waals surface area contributed by atoms with E-state index in [0.717, 1.165) is 10.0 Å². The SMILES string of the molecule is Cc1cc(NC(=O)c2ccccc2C(=O)O)ccc1Br. The average molecular weight is 334 g/mol. The first-order valence-electron chi connectivity index (χ1n) is 5.89. The second-order valence-corrected chi connectivity index (χ2v) is 5.12. The van der Waals surface area contributed by atoms with Crippen molar-refractivity contribution < 1.29 is 14.7 Å². The summed E-state index contributed by atoms with van der Waals surface area (Å²) in [6, 6.07) is 11.5. The molecule has 0 radical (unpaired) electrons. The van der Waals surface area contributed by atoms with Gasteiger partial charge in [0.1, 0.15) is 0 Å². The first-order chi connectivity index (χ1) is 9.49. The minimum atomic E-state index is -1.12. The van der Waals surface area contributed by atoms with E-state index in [2.05, 4.69) is 21.2 Å². The van der Waals surface area contributed by atoms with Crippen LogP contribution < -0.4 is 5.32 Å². The molecule has 2 rings (SSSR count). The van der Waals surface area contributed by atoms with Gasteiger partial charge in [-0.05, 0) is 42.8 Å². The number of carboxylic acid groups (broad SMARTS) is 1. The molecular formula is C15H12BrNO3. The second-order valence-electron chi connectivity index (χ2n) is 4.27. The van der Waals surface area contributed by atoms with Crippen molar-refractivity contribution in [3.8, 4) is 0 Å². The highest BCUT2D eigenvalue weighted by Gasteiger charge is 2.15. The molecule has 0 aromatic heterocycles. The number of aryl methyl sites for hydroxylation is 1. The molecule has 0 aliphatic heterocycles. The lowest BCUT2D eigenvalue weighted by Gasteiger charge is -2.09. The van der Waals surface area contributed by atoms with Crippen molar-refractivity contribution >= 4 is 33.5 Å². The van der Waals surface area contributed by atoms with Crippen LogP contribution in [-0.4, -0.2) is 17.0 Å². The monoisotopic (exact) mass is 333 g/mol. The van der Waals surface area contributed by atoms with Crippen molar-refractivity contribution in [2.24, 2.45) is 0 Å². The van der Waals surface area contributed by atoms with E-state index in [1.54, 1.807) is 18.2 Å². The lowest BCUT2D eigenvalue weighted by atomic mass is 10.1. The second kappa shape index (κ2) is 5.88. The van der Waals surface area contributed by atoms with Crippen molar-refractivity contribution in [3.05, 3.63) is 63.6 Å². The predicted molar refractivity (Wildman–Crippen MR) is 80.2 cm³/mol. The van der Waals surface area contributed by atoms with Gasteiger partial charge in [-0.15, -0.1) is 0 Å². The summed E-state index contributed by atoms with van der Waals surface area (Å²) >= 11 is 3.38. The third kappa shape index (κ3) is 3.05. The van der Waals surface area contributed by atoms with Crippen LogP contribution in [0.5, 0.6) is 0 Å². The number of hydrogen-bond acceptors (Lipinski definition) is 2. The van der Waals surface area contributed by atoms with Gasteiger partial charge in [0.15, 0.2) is 0 Å². The Bertz CT molecular complexity index is 683. The van der Waals surface area contributed by atoms with Crippen molar-refractivity contribution in [1.82, 2.24) is 0 Å². The lowest BCUT2D eigenvalue weighted by Crippen LogP contribution is -2.16. The van der Waals surface area contributed by atoms with E-state index in [4.69, 9.17) is 5.11 Å². The van der Waals surface area contributed by atoms with Gasteiger partial charge in [0.25, 0.3) is 5.91 Å². The summed E-state index contributed by atoms with van der Waals surface area (Å²) in [6.45, 7) is 1.91. The Morgan fingerprint density at radius 1 is 1.10 bits per heavy atom. The van der Waals surface area contributed by atoms with Crippen LogP contribution in [0.4, 0.5) is 5.69 Å². The summed E-state index contributed by atoms with van der Waals surface area (Å²) in [4.78, 5) is 23.2. The normalized spacial score (nSPS) is 10.1. The molecule has 0 aliphatic carbocycles. The number of carbonyl (C=O) groups is 2. The predicted octanol–water partition coefficient (Wildman–Crippen LogP) is 3.71. The van der Waals surface area contributed by atoms with E-state index in [-0.39, 0.29) is 11.1 Å². The Hall–Kier alpha value is -2.14. The number of amides is 1. The zero-order valence-corrected chi connectivity index (χ0v) is 12.3. The van der Waals surface area contributed by atoms with Gasteiger partial charge in [0, 0.05) is 10.2 Å². The number of halogens is 1. The van der Waals surface area contributed by atoms with Gasteiger partial charge in [0.05, 0.1) is 11.1 Å². The maximum Gasteiger partial charge on any atom is 0.336 e. The Morgan fingerprint density at radius 3 is 2.35 bits per heavy atom. The number of anilines is 1. The van der Waals surface area contributed by atoms with E-state index < -0.39 is 11.9 Å². The van der Waals surface area contributed by atoms with E-state index in [1.165, 1.54) is 12.1 Å². The van der Waals surface area contributed by atoms with Crippen LogP contribution >= 0.6 is 15.9 Å². The molecule has 1 amide bonds. The molecule has 0 spiro atoms. The summed E-state index contributed by atoms with van der Waals surface area (Å²) in [6.07, 6.45) is 0. The van der Waals surface area contributed by atoms with Gasteiger partial charge in [0.2, 0.25) is 0 Å². The Morgan fingerprint density at radius 2 is 1.75 bits per heavy atom. The third-order valence-corrected chi connectivity index (χ3v) is 3.71. The average Bonchev–Trinajstić information content (AvgIpc) is 2.43. The zero-order valence-electron chi connectivity index (χ0n) is 10.7. The number of carbonyl (C=O) groups excluding carboxylic acids is 1. The van der Waals surface area contributed by atoms with Crippen molar-refractivity contribution in [3.63, 3.8) is 0 Å². The molecule has 2 aromatic rings. The smallest absolute Gasteiger partial charge is 0.336 e. The van der Waals surface area contributed by atoms with Gasteiger partial charge < -0.3 is 10.4 Å². The molecule has 0 saturated heterocycles. The van der Waals surface area contributed by atoms with E-state index in [1.807, 2.05) is 19.1 Å². The van der Waals surface area contributed by atoms with Gasteiger partial charge in [-0.2, -0.15) is 0 Å². The Balaban J connectivity index is 2.28. The molecule has 0 unspecified atom stereocenters. The number of rotatable bonds is 3. The number of benzene rings is 2. The molecule has 2 aromatic carbocycles. The quantitative estimate of drug-likeness (QED) is 0.899. The van der Waals surface area contributed by atoms with Crippen molar-refractivity contribution in [2.45, 2.75) is 6.92 Å². The first-order valence-corrected chi connectivity index (χ1v) is 6.68. The minimum Gasteiger partial charge on any atom is -0.478 e. The highest BCUT2D eigenvalue weighted by Crippen LogP contribution is 2.21. The number of hydrogen-bond donors (Lipinski definition) is 2. The fourth-order valence-electron chi connectivity index (χ4n) is 1.79. The molecule has 102 valence electrons. The standard InChI is InChI=1S/C15H12BrNO3/c1-9-8-10(6-7-13(9)16)17-14(18)11-4-2-3-5-12(11)15(19)20/h2-8H,1H3,(H,17,18)(H,19,20). The van der Waals surface area contributed by atoms with Crippen molar-refractivity contribution in [1.29, 1.82) is 0 Å². The molecule has 2 N–H and O–H groups in total. The minimum absolute atomic E-state index is 0.0150. The maximum absolute atomic E-state index is 12.1. The van der Waals surface area contributed by atoms with Crippen LogP contribution in [0.2, 0.25) is 0 Å². The molecule has 0 saturated carbocycles. The van der Waals surface area contributed by atoms with Crippen LogP contribution in [0.25, 0.3) is 0 Å². The van der Waals surface area contributed by atoms with E-state index in [0.29, 0.717) is 5.69 Å². The molecule has 20 heavy (non-hydrogen) atoms. The lowest BCUT2D eigenvalue weighted by molar-refractivity contribution is 0.0692. The van der Waals surface area contributed by atoms with E-state index >= 15 is 0 Å². The Kier molecular flexibility index (Phi) is 4.20. The number of aromatic carboxylic acids is 1. The summed E-state index contributed by atoms with van der Waals surface area (Å²) in [5, 5.41) is 11.8. The van der Waals surface area contributed by atoms with Gasteiger partial charge in [-0.3, -0.25) is 4.79 Å². The summed E-state index contributed by atoms with van der Waals surface area (Å²) in [5.41, 5.74) is 1.73. The summed E-state index contributed by atoms with van der Waals surface area (Å²) in [7, 11) is 0. The van der Waals surface area contributed by atoms with Gasteiger partial charge in [-0.25, -0.2) is 4.79 Å².